The summed E-state index contributed by atoms with van der Waals surface area (Å²) in [6.45, 7) is 1.90. The number of amides is 2. The second kappa shape index (κ2) is 5.30. The van der Waals surface area contributed by atoms with Gasteiger partial charge in [0.25, 0.3) is 0 Å². The first-order chi connectivity index (χ1) is 7.57. The van der Waals surface area contributed by atoms with Crippen LogP contribution in [0.15, 0.2) is 30.3 Å². The Morgan fingerprint density at radius 1 is 1.12 bits per heavy atom. The fourth-order valence-corrected chi connectivity index (χ4v) is 1.90. The molecule has 0 heterocycles. The van der Waals surface area contributed by atoms with Gasteiger partial charge in [0, 0.05) is 5.92 Å². The first kappa shape index (κ1) is 12.2. The van der Waals surface area contributed by atoms with E-state index in [2.05, 4.69) is 0 Å². The zero-order chi connectivity index (χ0) is 12.1. The predicted molar refractivity (Wildman–Crippen MR) is 61.4 cm³/mol. The predicted octanol–water partition coefficient (Wildman–Crippen LogP) is 0.767. The molecular formula is C12H16N2O2. The van der Waals surface area contributed by atoms with Gasteiger partial charge >= 0.3 is 0 Å². The lowest BCUT2D eigenvalue weighted by atomic mass is 9.83. The van der Waals surface area contributed by atoms with Gasteiger partial charge in [0.05, 0.1) is 0 Å². The maximum Gasteiger partial charge on any atom is 0.230 e. The number of nitrogens with two attached hydrogens (primary N) is 2. The van der Waals surface area contributed by atoms with Gasteiger partial charge in [-0.25, -0.2) is 0 Å². The molecule has 0 aliphatic heterocycles. The summed E-state index contributed by atoms with van der Waals surface area (Å²) in [4.78, 5) is 22.5. The number of carbonyl (C=O) groups is 2. The summed E-state index contributed by atoms with van der Waals surface area (Å²) >= 11 is 0. The van der Waals surface area contributed by atoms with E-state index in [1.807, 2.05) is 37.3 Å². The Kier molecular flexibility index (Phi) is 4.05. The van der Waals surface area contributed by atoms with Gasteiger partial charge in [-0.2, -0.15) is 0 Å². The minimum atomic E-state index is -0.938. The highest BCUT2D eigenvalue weighted by atomic mass is 16.2. The van der Waals surface area contributed by atoms with Crippen LogP contribution < -0.4 is 11.5 Å². The highest BCUT2D eigenvalue weighted by molar-refractivity contribution is 5.99. The minimum absolute atomic E-state index is 0.240. The van der Waals surface area contributed by atoms with Gasteiger partial charge in [-0.1, -0.05) is 37.3 Å². The van der Waals surface area contributed by atoms with E-state index in [0.29, 0.717) is 6.42 Å². The second-order valence-electron chi connectivity index (χ2n) is 3.71. The van der Waals surface area contributed by atoms with Crippen LogP contribution in [-0.2, 0) is 9.59 Å². The SMILES string of the molecule is CCC(c1ccccc1)C(C(N)=O)C(N)=O. The van der Waals surface area contributed by atoms with E-state index in [-0.39, 0.29) is 5.92 Å². The second-order valence-corrected chi connectivity index (χ2v) is 3.71. The Hall–Kier alpha value is -1.84. The van der Waals surface area contributed by atoms with Crippen LogP contribution in [0, 0.1) is 5.92 Å². The molecule has 0 saturated carbocycles. The van der Waals surface area contributed by atoms with E-state index in [0.717, 1.165) is 5.56 Å². The summed E-state index contributed by atoms with van der Waals surface area (Å²) in [5.41, 5.74) is 11.3. The van der Waals surface area contributed by atoms with Gasteiger partial charge in [0.1, 0.15) is 5.92 Å². The van der Waals surface area contributed by atoms with Crippen molar-refractivity contribution in [1.29, 1.82) is 0 Å². The maximum atomic E-state index is 11.2. The third kappa shape index (κ3) is 2.59. The van der Waals surface area contributed by atoms with Crippen molar-refractivity contribution >= 4 is 11.8 Å². The zero-order valence-corrected chi connectivity index (χ0v) is 9.22. The summed E-state index contributed by atoms with van der Waals surface area (Å²) in [5.74, 6) is -2.50. The van der Waals surface area contributed by atoms with E-state index < -0.39 is 17.7 Å². The highest BCUT2D eigenvalue weighted by Gasteiger charge is 2.31. The van der Waals surface area contributed by atoms with Crippen LogP contribution in [0.4, 0.5) is 0 Å². The molecule has 16 heavy (non-hydrogen) atoms. The van der Waals surface area contributed by atoms with Gasteiger partial charge in [-0.3, -0.25) is 9.59 Å². The number of primary amides is 2. The molecular weight excluding hydrogens is 204 g/mol. The molecule has 0 radical (unpaired) electrons. The van der Waals surface area contributed by atoms with Crippen molar-refractivity contribution in [2.45, 2.75) is 19.3 Å². The van der Waals surface area contributed by atoms with E-state index >= 15 is 0 Å². The first-order valence-electron chi connectivity index (χ1n) is 5.21. The number of hydrogen-bond acceptors (Lipinski definition) is 2. The molecule has 0 aliphatic carbocycles. The summed E-state index contributed by atoms with van der Waals surface area (Å²) in [5, 5.41) is 0. The van der Waals surface area contributed by atoms with Crippen molar-refractivity contribution < 1.29 is 9.59 Å². The number of carbonyl (C=O) groups excluding carboxylic acids is 2. The third-order valence-electron chi connectivity index (χ3n) is 2.68. The largest absolute Gasteiger partial charge is 0.369 e. The summed E-state index contributed by atoms with van der Waals surface area (Å²) in [6, 6.07) is 9.33. The van der Waals surface area contributed by atoms with Crippen molar-refractivity contribution in [2.24, 2.45) is 17.4 Å². The Balaban J connectivity index is 3.05. The quantitative estimate of drug-likeness (QED) is 0.718. The Labute approximate surface area is 94.6 Å². The van der Waals surface area contributed by atoms with Crippen LogP contribution in [0.3, 0.4) is 0 Å². The molecule has 1 atom stereocenters. The van der Waals surface area contributed by atoms with Crippen molar-refractivity contribution in [3.63, 3.8) is 0 Å². The van der Waals surface area contributed by atoms with Crippen LogP contribution in [0.1, 0.15) is 24.8 Å². The molecule has 0 saturated heterocycles. The molecule has 1 unspecified atom stereocenters. The normalized spacial score (nSPS) is 12.4. The van der Waals surface area contributed by atoms with Gasteiger partial charge in [0.2, 0.25) is 11.8 Å². The molecule has 2 amide bonds. The molecule has 4 heteroatoms. The van der Waals surface area contributed by atoms with Crippen molar-refractivity contribution in [3.8, 4) is 0 Å². The summed E-state index contributed by atoms with van der Waals surface area (Å²) in [7, 11) is 0. The van der Waals surface area contributed by atoms with Crippen LogP contribution in [0.5, 0.6) is 0 Å². The van der Waals surface area contributed by atoms with Gasteiger partial charge in [0.15, 0.2) is 0 Å². The lowest BCUT2D eigenvalue weighted by molar-refractivity contribution is -0.132. The molecule has 0 fully saturated rings. The number of hydrogen-bond donors (Lipinski definition) is 2. The Bertz CT molecular complexity index is 362. The fraction of sp³-hybridized carbons (Fsp3) is 0.333. The van der Waals surface area contributed by atoms with Crippen LogP contribution >= 0.6 is 0 Å². The van der Waals surface area contributed by atoms with Crippen molar-refractivity contribution in [2.75, 3.05) is 0 Å². The number of rotatable bonds is 5. The lowest BCUT2D eigenvalue weighted by Gasteiger charge is -2.21. The Morgan fingerprint density at radius 2 is 1.62 bits per heavy atom. The lowest BCUT2D eigenvalue weighted by Crippen LogP contribution is -2.39. The van der Waals surface area contributed by atoms with Crippen molar-refractivity contribution in [3.05, 3.63) is 35.9 Å². The fourth-order valence-electron chi connectivity index (χ4n) is 1.90. The molecule has 86 valence electrons. The molecule has 1 rings (SSSR count). The molecule has 1 aromatic rings. The smallest absolute Gasteiger partial charge is 0.230 e. The van der Waals surface area contributed by atoms with Crippen LogP contribution in [-0.4, -0.2) is 11.8 Å². The molecule has 0 bridgehead atoms. The molecule has 1 aromatic carbocycles. The first-order valence-corrected chi connectivity index (χ1v) is 5.21. The van der Waals surface area contributed by atoms with E-state index in [1.54, 1.807) is 0 Å². The van der Waals surface area contributed by atoms with E-state index in [9.17, 15) is 9.59 Å². The van der Waals surface area contributed by atoms with Crippen LogP contribution in [0.25, 0.3) is 0 Å². The average molecular weight is 220 g/mol. The highest BCUT2D eigenvalue weighted by Crippen LogP contribution is 2.27. The molecule has 0 aromatic heterocycles. The number of benzene rings is 1. The van der Waals surface area contributed by atoms with E-state index in [4.69, 9.17) is 11.5 Å². The Morgan fingerprint density at radius 3 is 2.00 bits per heavy atom. The third-order valence-corrected chi connectivity index (χ3v) is 2.68. The topological polar surface area (TPSA) is 86.2 Å². The average Bonchev–Trinajstić information content (AvgIpc) is 2.25. The molecule has 0 aliphatic rings. The molecule has 0 spiro atoms. The van der Waals surface area contributed by atoms with Crippen molar-refractivity contribution in [1.82, 2.24) is 0 Å². The maximum absolute atomic E-state index is 11.2. The summed E-state index contributed by atoms with van der Waals surface area (Å²) < 4.78 is 0. The van der Waals surface area contributed by atoms with Gasteiger partial charge < -0.3 is 11.5 Å². The zero-order valence-electron chi connectivity index (χ0n) is 9.22. The monoisotopic (exact) mass is 220 g/mol. The molecule has 4 N–H and O–H groups in total. The minimum Gasteiger partial charge on any atom is -0.369 e. The van der Waals surface area contributed by atoms with E-state index in [1.165, 1.54) is 0 Å². The van der Waals surface area contributed by atoms with Gasteiger partial charge in [-0.15, -0.1) is 0 Å². The van der Waals surface area contributed by atoms with Crippen LogP contribution in [0.2, 0.25) is 0 Å². The standard InChI is InChI=1S/C12H16N2O2/c1-2-9(8-6-4-3-5-7-8)10(11(13)15)12(14)16/h3-7,9-10H,2H2,1H3,(H2,13,15)(H2,14,16). The van der Waals surface area contributed by atoms with Gasteiger partial charge in [-0.05, 0) is 12.0 Å². The molecule has 4 nitrogen and oxygen atoms in total. The summed E-state index contributed by atoms with van der Waals surface area (Å²) in [6.07, 6.45) is 0.639.